The standard InChI is InChI=1S/C26H19/c1-18(19-9-3-2-4-10-19)20-15-16-21(17-20)26-24-13-7-5-11-22(24)23-12-6-8-14-25(23)26/h2-16,26H,1H3. The normalized spacial score (nSPS) is 17.0. The van der Waals surface area contributed by atoms with Gasteiger partial charge in [0.25, 0.3) is 0 Å². The van der Waals surface area contributed by atoms with Crippen molar-refractivity contribution in [2.24, 2.45) is 0 Å². The van der Waals surface area contributed by atoms with Crippen LogP contribution in [0.3, 0.4) is 0 Å². The summed E-state index contributed by atoms with van der Waals surface area (Å²) in [6.45, 7) is 2.18. The van der Waals surface area contributed by atoms with Crippen molar-refractivity contribution in [2.75, 3.05) is 0 Å². The second-order valence-electron chi connectivity index (χ2n) is 6.93. The first kappa shape index (κ1) is 15.2. The summed E-state index contributed by atoms with van der Waals surface area (Å²) in [4.78, 5) is 0. The summed E-state index contributed by atoms with van der Waals surface area (Å²) in [5.74, 6) is 0.278. The summed E-state index contributed by atoms with van der Waals surface area (Å²) in [7, 11) is 0. The lowest BCUT2D eigenvalue weighted by Gasteiger charge is -2.13. The molecule has 0 unspecified atom stereocenters. The van der Waals surface area contributed by atoms with Crippen LogP contribution in [0.2, 0.25) is 0 Å². The van der Waals surface area contributed by atoms with E-state index in [4.69, 9.17) is 0 Å². The van der Waals surface area contributed by atoms with Crippen molar-refractivity contribution < 1.29 is 0 Å². The van der Waals surface area contributed by atoms with E-state index in [0.717, 1.165) is 0 Å². The monoisotopic (exact) mass is 331 g/mol. The van der Waals surface area contributed by atoms with Crippen LogP contribution in [0.25, 0.3) is 16.7 Å². The highest BCUT2D eigenvalue weighted by Gasteiger charge is 2.31. The molecular formula is C26H19. The van der Waals surface area contributed by atoms with Crippen molar-refractivity contribution in [1.82, 2.24) is 0 Å². The fourth-order valence-corrected chi connectivity index (χ4v) is 4.13. The van der Waals surface area contributed by atoms with E-state index >= 15 is 0 Å². The van der Waals surface area contributed by atoms with Crippen LogP contribution in [0.1, 0.15) is 29.5 Å². The molecule has 123 valence electrons. The highest BCUT2D eigenvalue weighted by Crippen LogP contribution is 2.49. The van der Waals surface area contributed by atoms with Crippen LogP contribution in [0.5, 0.6) is 0 Å². The molecule has 0 saturated heterocycles. The molecule has 0 heteroatoms. The Morgan fingerprint density at radius 1 is 0.692 bits per heavy atom. The zero-order valence-corrected chi connectivity index (χ0v) is 14.7. The first-order valence-corrected chi connectivity index (χ1v) is 9.09. The summed E-state index contributed by atoms with van der Waals surface area (Å²) in [6, 6.07) is 28.1. The Hall–Kier alpha value is -3.12. The van der Waals surface area contributed by atoms with Crippen LogP contribution in [-0.2, 0) is 0 Å². The van der Waals surface area contributed by atoms with Crippen molar-refractivity contribution in [1.29, 1.82) is 0 Å². The third kappa shape index (κ3) is 2.30. The molecule has 0 saturated carbocycles. The van der Waals surface area contributed by atoms with Gasteiger partial charge in [-0.15, -0.1) is 0 Å². The van der Waals surface area contributed by atoms with E-state index in [-0.39, 0.29) is 5.92 Å². The summed E-state index contributed by atoms with van der Waals surface area (Å²) < 4.78 is 0. The molecule has 0 nitrogen and oxygen atoms in total. The fourth-order valence-electron chi connectivity index (χ4n) is 4.13. The Labute approximate surface area is 154 Å². The minimum atomic E-state index is 0.278. The van der Waals surface area contributed by atoms with E-state index < -0.39 is 0 Å². The third-order valence-electron chi connectivity index (χ3n) is 5.46. The predicted molar refractivity (Wildman–Crippen MR) is 109 cm³/mol. The Balaban J connectivity index is 1.63. The second-order valence-corrected chi connectivity index (χ2v) is 6.93. The number of hydrogen-bond donors (Lipinski definition) is 0. The molecule has 2 aliphatic rings. The van der Waals surface area contributed by atoms with E-state index in [1.54, 1.807) is 0 Å². The molecule has 3 aromatic carbocycles. The van der Waals surface area contributed by atoms with Crippen molar-refractivity contribution in [3.8, 4) is 11.1 Å². The van der Waals surface area contributed by atoms with Gasteiger partial charge in [-0.2, -0.15) is 0 Å². The molecule has 0 aliphatic heterocycles. The topological polar surface area (TPSA) is 0 Å². The first-order valence-electron chi connectivity index (χ1n) is 9.09. The molecular weight excluding hydrogens is 312 g/mol. The molecule has 26 heavy (non-hydrogen) atoms. The van der Waals surface area contributed by atoms with E-state index in [1.807, 2.05) is 0 Å². The molecule has 0 aromatic heterocycles. The van der Waals surface area contributed by atoms with Gasteiger partial charge in [-0.3, -0.25) is 0 Å². The van der Waals surface area contributed by atoms with Gasteiger partial charge in [0.2, 0.25) is 0 Å². The average molecular weight is 331 g/mol. The van der Waals surface area contributed by atoms with Gasteiger partial charge < -0.3 is 0 Å². The van der Waals surface area contributed by atoms with E-state index in [0.29, 0.717) is 0 Å². The fraction of sp³-hybridized carbons (Fsp3) is 0.0769. The van der Waals surface area contributed by atoms with E-state index in [1.165, 1.54) is 44.5 Å². The number of rotatable bonds is 2. The number of allylic oxidation sites excluding steroid dienone is 6. The maximum atomic E-state index is 3.70. The van der Waals surface area contributed by atoms with Crippen molar-refractivity contribution in [3.05, 3.63) is 125 Å². The van der Waals surface area contributed by atoms with Gasteiger partial charge in [-0.1, -0.05) is 91.0 Å². The van der Waals surface area contributed by atoms with Gasteiger partial charge in [0, 0.05) is 5.92 Å². The molecule has 0 bridgehead atoms. The highest BCUT2D eigenvalue weighted by molar-refractivity contribution is 5.82. The highest BCUT2D eigenvalue weighted by atomic mass is 14.3. The summed E-state index contributed by atoms with van der Waals surface area (Å²) in [6.07, 6.45) is 8.15. The van der Waals surface area contributed by atoms with Crippen LogP contribution in [-0.4, -0.2) is 0 Å². The second kappa shape index (κ2) is 6.00. The maximum absolute atomic E-state index is 3.70. The maximum Gasteiger partial charge on any atom is 0.0358 e. The third-order valence-corrected chi connectivity index (χ3v) is 5.46. The van der Waals surface area contributed by atoms with Gasteiger partial charge in [0.15, 0.2) is 0 Å². The van der Waals surface area contributed by atoms with Gasteiger partial charge in [-0.05, 0) is 57.5 Å². The quantitative estimate of drug-likeness (QED) is 0.498. The minimum Gasteiger partial charge on any atom is -0.0622 e. The van der Waals surface area contributed by atoms with Crippen LogP contribution in [0.15, 0.2) is 102 Å². The Kier molecular flexibility index (Phi) is 3.50. The van der Waals surface area contributed by atoms with Crippen LogP contribution in [0, 0.1) is 6.08 Å². The summed E-state index contributed by atoms with van der Waals surface area (Å²) in [5.41, 5.74) is 10.5. The Morgan fingerprint density at radius 3 is 1.92 bits per heavy atom. The van der Waals surface area contributed by atoms with Crippen LogP contribution < -0.4 is 0 Å². The Bertz CT molecular complexity index is 1030. The van der Waals surface area contributed by atoms with E-state index in [2.05, 4.69) is 104 Å². The largest absolute Gasteiger partial charge is 0.0622 e. The van der Waals surface area contributed by atoms with Crippen molar-refractivity contribution in [2.45, 2.75) is 12.8 Å². The zero-order chi connectivity index (χ0) is 17.5. The number of benzene rings is 3. The SMILES string of the molecule is CC(=C1[C]=C(C2c3ccccc3-c3ccccc32)C=C1)c1ccccc1. The summed E-state index contributed by atoms with van der Waals surface area (Å²) in [5, 5.41) is 0. The van der Waals surface area contributed by atoms with Crippen molar-refractivity contribution >= 4 is 5.57 Å². The molecule has 0 fully saturated rings. The van der Waals surface area contributed by atoms with Gasteiger partial charge >= 0.3 is 0 Å². The molecule has 0 spiro atoms. The zero-order valence-electron chi connectivity index (χ0n) is 14.7. The molecule has 0 atom stereocenters. The molecule has 2 aliphatic carbocycles. The Morgan fingerprint density at radius 2 is 1.27 bits per heavy atom. The minimum absolute atomic E-state index is 0.278. The predicted octanol–water partition coefficient (Wildman–Crippen LogP) is 6.57. The van der Waals surface area contributed by atoms with Gasteiger partial charge in [0.05, 0.1) is 0 Å². The first-order chi connectivity index (χ1) is 12.8. The molecule has 0 amide bonds. The lowest BCUT2D eigenvalue weighted by atomic mass is 9.89. The lowest BCUT2D eigenvalue weighted by Crippen LogP contribution is -1.98. The van der Waals surface area contributed by atoms with Crippen LogP contribution in [0.4, 0.5) is 0 Å². The molecule has 0 N–H and O–H groups in total. The van der Waals surface area contributed by atoms with Gasteiger partial charge in [0.1, 0.15) is 0 Å². The smallest absolute Gasteiger partial charge is 0.0358 e. The molecule has 5 rings (SSSR count). The molecule has 1 radical (unpaired) electrons. The van der Waals surface area contributed by atoms with E-state index in [9.17, 15) is 0 Å². The number of hydrogen-bond acceptors (Lipinski definition) is 0. The summed E-state index contributed by atoms with van der Waals surface area (Å²) >= 11 is 0. The molecule has 0 heterocycles. The average Bonchev–Trinajstić information content (AvgIpc) is 3.31. The van der Waals surface area contributed by atoms with Crippen molar-refractivity contribution in [3.63, 3.8) is 0 Å². The van der Waals surface area contributed by atoms with Crippen LogP contribution >= 0.6 is 0 Å². The lowest BCUT2D eigenvalue weighted by molar-refractivity contribution is 1.01. The number of fused-ring (bicyclic) bond motifs is 3. The molecule has 3 aromatic rings. The van der Waals surface area contributed by atoms with Gasteiger partial charge in [-0.25, -0.2) is 0 Å².